The molecule has 2 heterocycles. The van der Waals surface area contributed by atoms with Gasteiger partial charge in [-0.3, -0.25) is 9.78 Å². The maximum atomic E-state index is 12.2. The SMILES string of the molecule is CC(C)N(C)c1nc(N)ncc1/C=C(\C=O)c1ccc(NSCCC(F)(F)F)cn1. The summed E-state index contributed by atoms with van der Waals surface area (Å²) >= 11 is 0.937. The van der Waals surface area contributed by atoms with Crippen molar-refractivity contribution in [2.24, 2.45) is 0 Å². The Morgan fingerprint density at radius 2 is 2.03 bits per heavy atom. The van der Waals surface area contributed by atoms with Gasteiger partial charge in [-0.25, -0.2) is 4.98 Å². The third kappa shape index (κ3) is 6.90. The maximum absolute atomic E-state index is 12.2. The highest BCUT2D eigenvalue weighted by atomic mass is 32.2. The summed E-state index contributed by atoms with van der Waals surface area (Å²) in [5.74, 6) is 0.587. The van der Waals surface area contributed by atoms with Gasteiger partial charge in [0, 0.05) is 36.2 Å². The van der Waals surface area contributed by atoms with E-state index >= 15 is 0 Å². The fraction of sp³-hybridized carbons (Fsp3) is 0.368. The second-order valence-corrected chi connectivity index (χ2v) is 7.58. The molecule has 2 aromatic rings. The first kappa shape index (κ1) is 23.5. The number of nitrogens with two attached hydrogens (primary N) is 1. The summed E-state index contributed by atoms with van der Waals surface area (Å²) in [6.45, 7) is 3.98. The first-order valence-electron chi connectivity index (χ1n) is 9.04. The number of anilines is 3. The molecule has 0 saturated heterocycles. The van der Waals surface area contributed by atoms with Crippen LogP contribution in [0.2, 0.25) is 0 Å². The molecule has 0 saturated carbocycles. The van der Waals surface area contributed by atoms with Gasteiger partial charge in [0.15, 0.2) is 6.29 Å². The van der Waals surface area contributed by atoms with E-state index in [2.05, 4.69) is 19.7 Å². The molecule has 0 bridgehead atoms. The van der Waals surface area contributed by atoms with Crippen molar-refractivity contribution >= 4 is 47.3 Å². The number of halogens is 3. The first-order chi connectivity index (χ1) is 14.1. The Morgan fingerprint density at radius 3 is 2.60 bits per heavy atom. The quantitative estimate of drug-likeness (QED) is 0.261. The molecule has 0 radical (unpaired) electrons. The lowest BCUT2D eigenvalue weighted by atomic mass is 10.1. The number of nitrogen functional groups attached to an aromatic ring is 1. The smallest absolute Gasteiger partial charge is 0.368 e. The Kier molecular flexibility index (Phi) is 8.04. The van der Waals surface area contributed by atoms with E-state index in [-0.39, 0.29) is 17.7 Å². The van der Waals surface area contributed by atoms with Crippen molar-refractivity contribution in [1.29, 1.82) is 0 Å². The second-order valence-electron chi connectivity index (χ2n) is 6.68. The van der Waals surface area contributed by atoms with E-state index in [1.807, 2.05) is 25.8 Å². The van der Waals surface area contributed by atoms with E-state index in [0.717, 1.165) is 11.9 Å². The summed E-state index contributed by atoms with van der Waals surface area (Å²) < 4.78 is 39.3. The average molecular weight is 440 g/mol. The number of aromatic nitrogens is 3. The Labute approximate surface area is 177 Å². The zero-order chi connectivity index (χ0) is 22.3. The minimum atomic E-state index is -4.19. The Morgan fingerprint density at radius 1 is 1.30 bits per heavy atom. The van der Waals surface area contributed by atoms with Crippen molar-refractivity contribution in [2.45, 2.75) is 32.5 Å². The average Bonchev–Trinajstić information content (AvgIpc) is 2.69. The number of rotatable bonds is 9. The van der Waals surface area contributed by atoms with Crippen LogP contribution >= 0.6 is 11.9 Å². The number of hydrogen-bond donors (Lipinski definition) is 2. The number of pyridine rings is 1. The molecule has 3 N–H and O–H groups in total. The molecule has 30 heavy (non-hydrogen) atoms. The third-order valence-electron chi connectivity index (χ3n) is 4.10. The van der Waals surface area contributed by atoms with Crippen molar-refractivity contribution in [1.82, 2.24) is 15.0 Å². The third-order valence-corrected chi connectivity index (χ3v) is 4.89. The monoisotopic (exact) mass is 440 g/mol. The standard InChI is InChI=1S/C19H23F3N6OS/c1-12(2)28(3)17-13(9-25-18(23)26-17)8-14(11-29)16-5-4-15(10-24-16)27-30-7-6-19(20,21)22/h4-5,8-12,27H,6-7H2,1-3H3,(H2,23,25,26)/b14-8+. The van der Waals surface area contributed by atoms with Gasteiger partial charge in [0.05, 0.1) is 24.0 Å². The van der Waals surface area contributed by atoms with Crippen LogP contribution in [0.3, 0.4) is 0 Å². The first-order valence-corrected chi connectivity index (χ1v) is 10.0. The lowest BCUT2D eigenvalue weighted by molar-refractivity contribution is -0.129. The van der Waals surface area contributed by atoms with Gasteiger partial charge < -0.3 is 15.4 Å². The van der Waals surface area contributed by atoms with Crippen LogP contribution in [0.5, 0.6) is 0 Å². The zero-order valence-corrected chi connectivity index (χ0v) is 17.6. The highest BCUT2D eigenvalue weighted by Crippen LogP contribution is 2.25. The normalized spacial score (nSPS) is 12.2. The van der Waals surface area contributed by atoms with Crippen molar-refractivity contribution in [3.05, 3.63) is 35.8 Å². The van der Waals surface area contributed by atoms with Crippen LogP contribution in [0.15, 0.2) is 24.5 Å². The molecule has 0 fully saturated rings. The predicted octanol–water partition coefficient (Wildman–Crippen LogP) is 4.05. The molecule has 0 aliphatic carbocycles. The second kappa shape index (κ2) is 10.3. The zero-order valence-electron chi connectivity index (χ0n) is 16.8. The molecule has 0 spiro atoms. The molecule has 0 atom stereocenters. The van der Waals surface area contributed by atoms with Crippen LogP contribution < -0.4 is 15.4 Å². The summed E-state index contributed by atoms with van der Waals surface area (Å²) in [5, 5.41) is 0. The Bertz CT molecular complexity index is 887. The summed E-state index contributed by atoms with van der Waals surface area (Å²) in [5.41, 5.74) is 7.56. The number of alkyl halides is 3. The molecule has 0 aliphatic rings. The van der Waals surface area contributed by atoms with Gasteiger partial charge >= 0.3 is 6.18 Å². The van der Waals surface area contributed by atoms with Crippen LogP contribution in [0.1, 0.15) is 31.5 Å². The number of carbonyl (C=O) groups excluding carboxylic acids is 1. The van der Waals surface area contributed by atoms with Crippen LogP contribution in [0.4, 0.5) is 30.6 Å². The largest absolute Gasteiger partial charge is 0.389 e. The van der Waals surface area contributed by atoms with Crippen LogP contribution in [0.25, 0.3) is 11.6 Å². The highest BCUT2D eigenvalue weighted by Gasteiger charge is 2.26. The van der Waals surface area contributed by atoms with E-state index in [1.165, 1.54) is 12.4 Å². The minimum absolute atomic E-state index is 0.117. The predicted molar refractivity (Wildman–Crippen MR) is 115 cm³/mol. The summed E-state index contributed by atoms with van der Waals surface area (Å²) in [4.78, 5) is 26.1. The molecule has 2 aromatic heterocycles. The number of nitrogens with zero attached hydrogens (tertiary/aromatic N) is 4. The minimum Gasteiger partial charge on any atom is -0.368 e. The molecule has 7 nitrogen and oxygen atoms in total. The van der Waals surface area contributed by atoms with Gasteiger partial charge in [0.1, 0.15) is 5.82 Å². The summed E-state index contributed by atoms with van der Waals surface area (Å²) in [6.07, 6.45) is 0.206. The van der Waals surface area contributed by atoms with Crippen LogP contribution in [-0.4, -0.2) is 46.3 Å². The summed E-state index contributed by atoms with van der Waals surface area (Å²) in [6, 6.07) is 3.39. The van der Waals surface area contributed by atoms with Gasteiger partial charge in [-0.1, -0.05) is 11.9 Å². The molecular formula is C19H23F3N6OS. The van der Waals surface area contributed by atoms with Crippen molar-refractivity contribution in [2.75, 3.05) is 28.2 Å². The molecule has 2 rings (SSSR count). The molecular weight excluding hydrogens is 417 g/mol. The van der Waals surface area contributed by atoms with Crippen LogP contribution in [-0.2, 0) is 4.79 Å². The van der Waals surface area contributed by atoms with E-state index in [0.29, 0.717) is 34.6 Å². The number of allylic oxidation sites excluding steroid dienone is 1. The van der Waals surface area contributed by atoms with Gasteiger partial charge in [-0.2, -0.15) is 18.2 Å². The number of hydrogen-bond acceptors (Lipinski definition) is 8. The fourth-order valence-electron chi connectivity index (χ4n) is 2.29. The molecule has 0 unspecified atom stereocenters. The molecule has 0 aliphatic heterocycles. The van der Waals surface area contributed by atoms with Gasteiger partial charge in [0.25, 0.3) is 0 Å². The number of nitrogens with one attached hydrogen (secondary N) is 1. The van der Waals surface area contributed by atoms with Crippen molar-refractivity contribution in [3.63, 3.8) is 0 Å². The lowest BCUT2D eigenvalue weighted by Crippen LogP contribution is -2.27. The molecule has 162 valence electrons. The van der Waals surface area contributed by atoms with Crippen molar-refractivity contribution in [3.8, 4) is 0 Å². The van der Waals surface area contributed by atoms with Crippen molar-refractivity contribution < 1.29 is 18.0 Å². The maximum Gasteiger partial charge on any atom is 0.389 e. The van der Waals surface area contributed by atoms with Gasteiger partial charge in [-0.05, 0) is 32.1 Å². The van der Waals surface area contributed by atoms with E-state index in [9.17, 15) is 18.0 Å². The van der Waals surface area contributed by atoms with E-state index in [1.54, 1.807) is 18.2 Å². The molecule has 0 aromatic carbocycles. The molecule has 0 amide bonds. The Balaban J connectivity index is 2.18. The topological polar surface area (TPSA) is 97.0 Å². The fourth-order valence-corrected chi connectivity index (χ4v) is 3.01. The Hall–Kier alpha value is -2.82. The highest BCUT2D eigenvalue weighted by molar-refractivity contribution is 8.00. The number of aldehydes is 1. The summed E-state index contributed by atoms with van der Waals surface area (Å²) in [7, 11) is 1.86. The van der Waals surface area contributed by atoms with Crippen LogP contribution in [0, 0.1) is 0 Å². The number of carbonyl (C=O) groups is 1. The van der Waals surface area contributed by atoms with E-state index < -0.39 is 12.6 Å². The van der Waals surface area contributed by atoms with Gasteiger partial charge in [-0.15, -0.1) is 0 Å². The molecule has 11 heteroatoms. The lowest BCUT2D eigenvalue weighted by Gasteiger charge is -2.24. The van der Waals surface area contributed by atoms with Gasteiger partial charge in [0.2, 0.25) is 5.95 Å². The van der Waals surface area contributed by atoms with E-state index in [4.69, 9.17) is 5.73 Å².